The highest BCUT2D eigenvalue weighted by molar-refractivity contribution is 5.92. The lowest BCUT2D eigenvalue weighted by Gasteiger charge is -2.05. The van der Waals surface area contributed by atoms with Gasteiger partial charge in [-0.25, -0.2) is 8.91 Å². The minimum atomic E-state index is -0.904. The first kappa shape index (κ1) is 17.8. The number of pyridine rings is 2. The molecule has 140 valence electrons. The molecule has 3 aromatic heterocycles. The van der Waals surface area contributed by atoms with Crippen LogP contribution in [0.1, 0.15) is 5.56 Å². The molecule has 0 saturated carbocycles. The van der Waals surface area contributed by atoms with Crippen LogP contribution in [-0.2, 0) is 11.3 Å². The Hall–Kier alpha value is -3.58. The maximum absolute atomic E-state index is 13.4. The van der Waals surface area contributed by atoms with Crippen molar-refractivity contribution in [3.8, 4) is 22.4 Å². The zero-order valence-electron chi connectivity index (χ0n) is 14.8. The van der Waals surface area contributed by atoms with Gasteiger partial charge in [-0.2, -0.15) is 5.10 Å². The molecule has 0 atom stereocenters. The molecule has 0 aliphatic carbocycles. The van der Waals surface area contributed by atoms with Gasteiger partial charge in [0.05, 0.1) is 12.1 Å². The Morgan fingerprint density at radius 1 is 1.04 bits per heavy atom. The van der Waals surface area contributed by atoms with Crippen LogP contribution in [0.4, 0.5) is 4.39 Å². The number of hydrogen-bond acceptors (Lipinski definition) is 4. The van der Waals surface area contributed by atoms with Crippen LogP contribution in [0.3, 0.4) is 0 Å². The zero-order chi connectivity index (χ0) is 19.5. The molecule has 28 heavy (non-hydrogen) atoms. The summed E-state index contributed by atoms with van der Waals surface area (Å²) in [6.07, 6.45) is 5.30. The van der Waals surface area contributed by atoms with Gasteiger partial charge in [-0.15, -0.1) is 0 Å². The molecule has 0 unspecified atom stereocenters. The molecule has 0 bridgehead atoms. The van der Waals surface area contributed by atoms with Crippen LogP contribution < -0.4 is 5.32 Å². The van der Waals surface area contributed by atoms with Crippen LogP contribution in [0.2, 0.25) is 0 Å². The number of benzene rings is 1. The number of hydrogen-bond donors (Lipinski definition) is 2. The number of carboxylic acids is 1. The van der Waals surface area contributed by atoms with E-state index < -0.39 is 5.97 Å². The van der Waals surface area contributed by atoms with Gasteiger partial charge < -0.3 is 10.4 Å². The number of carbonyl (C=O) groups is 1. The molecule has 0 spiro atoms. The van der Waals surface area contributed by atoms with E-state index in [0.717, 1.165) is 33.5 Å². The summed E-state index contributed by atoms with van der Waals surface area (Å²) in [5.41, 5.74) is 5.24. The van der Waals surface area contributed by atoms with E-state index in [4.69, 9.17) is 10.2 Å². The fraction of sp³-hybridized carbons (Fsp3) is 0.0952. The van der Waals surface area contributed by atoms with Gasteiger partial charge in [0.15, 0.2) is 0 Å². The Bertz CT molecular complexity index is 1120. The Kier molecular flexibility index (Phi) is 4.82. The number of carboxylic acid groups (broad SMARTS) is 1. The Morgan fingerprint density at radius 3 is 2.50 bits per heavy atom. The van der Waals surface area contributed by atoms with Crippen molar-refractivity contribution in [3.63, 3.8) is 0 Å². The normalized spacial score (nSPS) is 11.0. The predicted octanol–water partition coefficient (Wildman–Crippen LogP) is 3.38. The molecule has 0 amide bonds. The minimum absolute atomic E-state index is 0.111. The van der Waals surface area contributed by atoms with Crippen LogP contribution in [0.25, 0.3) is 27.9 Å². The van der Waals surface area contributed by atoms with E-state index in [1.165, 1.54) is 12.1 Å². The van der Waals surface area contributed by atoms with Gasteiger partial charge in [0, 0.05) is 36.3 Å². The van der Waals surface area contributed by atoms with Crippen LogP contribution in [-0.4, -0.2) is 32.2 Å². The largest absolute Gasteiger partial charge is 0.480 e. The summed E-state index contributed by atoms with van der Waals surface area (Å²) in [6.45, 7) is 0.304. The maximum atomic E-state index is 13.4. The number of nitrogens with one attached hydrogen (secondary N) is 1. The predicted molar refractivity (Wildman–Crippen MR) is 103 cm³/mol. The van der Waals surface area contributed by atoms with Gasteiger partial charge in [-0.1, -0.05) is 6.07 Å². The SMILES string of the molecule is O=C(O)CNCc1ccc2c(-c3ccncc3)c(-c3ccc(F)cc3)nn2c1. The summed E-state index contributed by atoms with van der Waals surface area (Å²) in [5.74, 6) is -1.21. The number of aromatic nitrogens is 3. The van der Waals surface area contributed by atoms with Gasteiger partial charge in [0.25, 0.3) is 0 Å². The Labute approximate surface area is 160 Å². The summed E-state index contributed by atoms with van der Waals surface area (Å²) in [6, 6.07) is 13.9. The van der Waals surface area contributed by atoms with Crippen molar-refractivity contribution in [2.24, 2.45) is 0 Å². The van der Waals surface area contributed by atoms with Crippen molar-refractivity contribution in [1.29, 1.82) is 0 Å². The second kappa shape index (κ2) is 7.58. The average Bonchev–Trinajstić information content (AvgIpc) is 3.07. The second-order valence-corrected chi connectivity index (χ2v) is 6.33. The monoisotopic (exact) mass is 376 g/mol. The molecule has 2 N–H and O–H groups in total. The highest BCUT2D eigenvalue weighted by atomic mass is 19.1. The summed E-state index contributed by atoms with van der Waals surface area (Å²) in [4.78, 5) is 14.8. The van der Waals surface area contributed by atoms with Gasteiger partial charge in [-0.3, -0.25) is 9.78 Å². The maximum Gasteiger partial charge on any atom is 0.317 e. The van der Waals surface area contributed by atoms with E-state index in [9.17, 15) is 9.18 Å². The average molecular weight is 376 g/mol. The highest BCUT2D eigenvalue weighted by Crippen LogP contribution is 2.35. The summed E-state index contributed by atoms with van der Waals surface area (Å²) in [5, 5.41) is 16.4. The van der Waals surface area contributed by atoms with Crippen molar-refractivity contribution in [1.82, 2.24) is 19.9 Å². The number of fused-ring (bicyclic) bond motifs is 1. The van der Waals surface area contributed by atoms with E-state index >= 15 is 0 Å². The summed E-state index contributed by atoms with van der Waals surface area (Å²) >= 11 is 0. The van der Waals surface area contributed by atoms with Crippen molar-refractivity contribution in [3.05, 3.63) is 78.5 Å². The lowest BCUT2D eigenvalue weighted by Crippen LogP contribution is -2.21. The zero-order valence-corrected chi connectivity index (χ0v) is 14.8. The lowest BCUT2D eigenvalue weighted by atomic mass is 10.0. The quantitative estimate of drug-likeness (QED) is 0.539. The fourth-order valence-corrected chi connectivity index (χ4v) is 3.12. The molecule has 0 fully saturated rings. The Morgan fingerprint density at radius 2 is 1.79 bits per heavy atom. The second-order valence-electron chi connectivity index (χ2n) is 6.33. The van der Waals surface area contributed by atoms with Crippen LogP contribution in [0, 0.1) is 5.82 Å². The molecule has 7 heteroatoms. The molecular formula is C21H17FN4O2. The summed E-state index contributed by atoms with van der Waals surface area (Å²) in [7, 11) is 0. The molecule has 0 radical (unpaired) electrons. The standard InChI is InChI=1S/C21H17FN4O2/c22-17-4-2-16(3-5-17)21-20(15-7-9-23-10-8-15)18-6-1-14(13-26(18)25-21)11-24-12-19(27)28/h1-10,13,24H,11-12H2,(H,27,28). The lowest BCUT2D eigenvalue weighted by molar-refractivity contribution is -0.135. The van der Waals surface area contributed by atoms with Gasteiger partial charge >= 0.3 is 5.97 Å². The fourth-order valence-electron chi connectivity index (χ4n) is 3.12. The van der Waals surface area contributed by atoms with E-state index in [-0.39, 0.29) is 12.4 Å². The topological polar surface area (TPSA) is 79.5 Å². The van der Waals surface area contributed by atoms with E-state index in [2.05, 4.69) is 10.3 Å². The van der Waals surface area contributed by atoms with Crippen LogP contribution in [0.15, 0.2) is 67.1 Å². The molecular weight excluding hydrogens is 359 g/mol. The van der Waals surface area contributed by atoms with E-state index in [1.807, 2.05) is 30.5 Å². The Balaban J connectivity index is 1.82. The highest BCUT2D eigenvalue weighted by Gasteiger charge is 2.16. The number of nitrogens with zero attached hydrogens (tertiary/aromatic N) is 3. The number of aliphatic carboxylic acids is 1. The molecule has 0 aliphatic heterocycles. The first-order valence-corrected chi connectivity index (χ1v) is 8.72. The van der Waals surface area contributed by atoms with Gasteiger partial charge in [0.1, 0.15) is 11.5 Å². The molecule has 1 aromatic carbocycles. The van der Waals surface area contributed by atoms with E-state index in [1.54, 1.807) is 29.0 Å². The molecule has 0 saturated heterocycles. The summed E-state index contributed by atoms with van der Waals surface area (Å²) < 4.78 is 15.1. The van der Waals surface area contributed by atoms with Crippen molar-refractivity contribution >= 4 is 11.5 Å². The van der Waals surface area contributed by atoms with Crippen molar-refractivity contribution in [2.45, 2.75) is 6.54 Å². The van der Waals surface area contributed by atoms with Crippen LogP contribution in [0.5, 0.6) is 0 Å². The third-order valence-electron chi connectivity index (χ3n) is 4.38. The third kappa shape index (κ3) is 3.60. The third-order valence-corrected chi connectivity index (χ3v) is 4.38. The van der Waals surface area contributed by atoms with Gasteiger partial charge in [0.2, 0.25) is 0 Å². The molecule has 4 rings (SSSR count). The number of halogens is 1. The van der Waals surface area contributed by atoms with Crippen molar-refractivity contribution < 1.29 is 14.3 Å². The first-order chi connectivity index (χ1) is 13.6. The van der Waals surface area contributed by atoms with Crippen LogP contribution >= 0.6 is 0 Å². The molecule has 3 heterocycles. The smallest absolute Gasteiger partial charge is 0.317 e. The molecule has 0 aliphatic rings. The van der Waals surface area contributed by atoms with Crippen molar-refractivity contribution in [2.75, 3.05) is 6.54 Å². The molecule has 4 aromatic rings. The van der Waals surface area contributed by atoms with E-state index in [0.29, 0.717) is 6.54 Å². The molecule has 6 nitrogen and oxygen atoms in total. The number of rotatable bonds is 6. The minimum Gasteiger partial charge on any atom is -0.480 e. The van der Waals surface area contributed by atoms with Gasteiger partial charge in [-0.05, 0) is 53.6 Å². The first-order valence-electron chi connectivity index (χ1n) is 8.72.